The van der Waals surface area contributed by atoms with Gasteiger partial charge in [0.25, 0.3) is 5.91 Å². The lowest BCUT2D eigenvalue weighted by atomic mass is 9.86. The highest BCUT2D eigenvalue weighted by atomic mass is 16.2. The number of anilines is 2. The number of aromatic amines is 1. The topological polar surface area (TPSA) is 111 Å². The predicted octanol–water partition coefficient (Wildman–Crippen LogP) is 4.57. The van der Waals surface area contributed by atoms with Gasteiger partial charge in [-0.05, 0) is 68.3 Å². The quantitative estimate of drug-likeness (QED) is 0.471. The van der Waals surface area contributed by atoms with Crippen molar-refractivity contribution in [3.8, 4) is 17.5 Å². The zero-order valence-corrected chi connectivity index (χ0v) is 19.3. The third-order valence-corrected chi connectivity index (χ3v) is 5.50. The summed E-state index contributed by atoms with van der Waals surface area (Å²) >= 11 is 0. The SMILES string of the molecule is Cc1cc(Nc2nccc(-c3cc(C(C)(C)C#N)ccn3)n2)cc2cc(C(=O)N(C)C)[nH]c12. The van der Waals surface area contributed by atoms with E-state index < -0.39 is 5.41 Å². The molecule has 4 aromatic rings. The molecule has 0 spiro atoms. The number of fused-ring (bicyclic) bond motifs is 1. The number of pyridine rings is 1. The van der Waals surface area contributed by atoms with Gasteiger partial charge in [0.1, 0.15) is 5.69 Å². The van der Waals surface area contributed by atoms with E-state index >= 15 is 0 Å². The molecule has 2 N–H and O–H groups in total. The maximum atomic E-state index is 12.3. The molecule has 0 saturated heterocycles. The number of rotatable bonds is 5. The lowest BCUT2D eigenvalue weighted by Crippen LogP contribution is -2.21. The van der Waals surface area contributed by atoms with Crippen LogP contribution in [0.5, 0.6) is 0 Å². The van der Waals surface area contributed by atoms with Crippen molar-refractivity contribution in [2.24, 2.45) is 0 Å². The summed E-state index contributed by atoms with van der Waals surface area (Å²) in [5.41, 5.74) is 4.85. The molecule has 0 saturated carbocycles. The zero-order chi connectivity index (χ0) is 23.8. The second-order valence-electron chi connectivity index (χ2n) is 8.70. The Bertz CT molecular complexity index is 1400. The molecule has 0 unspecified atom stereocenters. The fourth-order valence-electron chi connectivity index (χ4n) is 3.57. The van der Waals surface area contributed by atoms with E-state index in [0.29, 0.717) is 23.0 Å². The van der Waals surface area contributed by atoms with Gasteiger partial charge in [0.15, 0.2) is 0 Å². The van der Waals surface area contributed by atoms with Gasteiger partial charge in [0.2, 0.25) is 5.95 Å². The van der Waals surface area contributed by atoms with Crippen molar-refractivity contribution in [3.05, 3.63) is 65.6 Å². The molecule has 0 aliphatic rings. The summed E-state index contributed by atoms with van der Waals surface area (Å²) in [5, 5.41) is 13.6. The largest absolute Gasteiger partial charge is 0.350 e. The molecule has 0 atom stereocenters. The Hall–Kier alpha value is -4.25. The molecule has 0 aliphatic carbocycles. The summed E-state index contributed by atoms with van der Waals surface area (Å²) in [7, 11) is 3.45. The number of carbonyl (C=O) groups is 1. The van der Waals surface area contributed by atoms with Crippen molar-refractivity contribution in [3.63, 3.8) is 0 Å². The Balaban J connectivity index is 1.65. The fourth-order valence-corrected chi connectivity index (χ4v) is 3.57. The summed E-state index contributed by atoms with van der Waals surface area (Å²) in [5.74, 6) is 0.351. The molecule has 33 heavy (non-hydrogen) atoms. The Morgan fingerprint density at radius 2 is 1.85 bits per heavy atom. The maximum absolute atomic E-state index is 12.3. The number of nitriles is 1. The molecule has 3 aromatic heterocycles. The lowest BCUT2D eigenvalue weighted by molar-refractivity contribution is 0.0823. The van der Waals surface area contributed by atoms with Crippen LogP contribution in [0.2, 0.25) is 0 Å². The minimum absolute atomic E-state index is 0.0783. The second kappa shape index (κ2) is 8.36. The van der Waals surface area contributed by atoms with E-state index in [1.165, 1.54) is 0 Å². The third kappa shape index (κ3) is 4.39. The van der Waals surface area contributed by atoms with Gasteiger partial charge in [-0.1, -0.05) is 0 Å². The van der Waals surface area contributed by atoms with Crippen molar-refractivity contribution >= 4 is 28.4 Å². The molecule has 1 aromatic carbocycles. The number of H-pyrrole nitrogens is 1. The van der Waals surface area contributed by atoms with Crippen molar-refractivity contribution in [2.75, 3.05) is 19.4 Å². The number of aromatic nitrogens is 4. The van der Waals surface area contributed by atoms with E-state index in [9.17, 15) is 10.1 Å². The van der Waals surface area contributed by atoms with E-state index in [0.717, 1.165) is 27.7 Å². The van der Waals surface area contributed by atoms with Crippen LogP contribution in [0, 0.1) is 18.3 Å². The highest BCUT2D eigenvalue weighted by molar-refractivity contribution is 5.99. The van der Waals surface area contributed by atoms with Crippen LogP contribution in [-0.2, 0) is 5.41 Å². The number of hydrogen-bond acceptors (Lipinski definition) is 6. The molecule has 0 aliphatic heterocycles. The molecule has 166 valence electrons. The molecular weight excluding hydrogens is 414 g/mol. The van der Waals surface area contributed by atoms with Crippen LogP contribution < -0.4 is 5.32 Å². The first-order chi connectivity index (χ1) is 15.7. The molecule has 0 fully saturated rings. The Morgan fingerprint density at radius 1 is 1.09 bits per heavy atom. The number of nitrogens with one attached hydrogen (secondary N) is 2. The fraction of sp³-hybridized carbons (Fsp3) is 0.240. The standard InChI is InChI=1S/C25H25N7O/c1-15-10-18(11-16-12-21(30-22(15)16)23(33)32(4)5)29-24-28-9-7-19(31-24)20-13-17(6-8-27-20)25(2,3)14-26/h6-13,30H,1-5H3,(H,28,29,31). The van der Waals surface area contributed by atoms with Crippen LogP contribution in [0.3, 0.4) is 0 Å². The van der Waals surface area contributed by atoms with Gasteiger partial charge in [-0.3, -0.25) is 9.78 Å². The van der Waals surface area contributed by atoms with Gasteiger partial charge in [-0.25, -0.2) is 9.97 Å². The van der Waals surface area contributed by atoms with Crippen molar-refractivity contribution < 1.29 is 4.79 Å². The third-order valence-electron chi connectivity index (χ3n) is 5.50. The van der Waals surface area contributed by atoms with Crippen LogP contribution in [0.15, 0.2) is 48.8 Å². The van der Waals surface area contributed by atoms with Crippen LogP contribution in [0.4, 0.5) is 11.6 Å². The summed E-state index contributed by atoms with van der Waals surface area (Å²) in [6.45, 7) is 5.73. The van der Waals surface area contributed by atoms with Crippen molar-refractivity contribution in [2.45, 2.75) is 26.2 Å². The van der Waals surface area contributed by atoms with Crippen LogP contribution in [0.1, 0.15) is 35.5 Å². The minimum atomic E-state index is -0.623. The molecule has 0 bridgehead atoms. The Kier molecular flexibility index (Phi) is 5.56. The van der Waals surface area contributed by atoms with Crippen LogP contribution >= 0.6 is 0 Å². The van der Waals surface area contributed by atoms with Gasteiger partial charge in [0, 0.05) is 43.1 Å². The Labute approximate surface area is 192 Å². The zero-order valence-electron chi connectivity index (χ0n) is 19.3. The highest BCUT2D eigenvalue weighted by Crippen LogP contribution is 2.28. The number of carbonyl (C=O) groups excluding carboxylic acids is 1. The first-order valence-electron chi connectivity index (χ1n) is 10.5. The molecule has 8 heteroatoms. The molecule has 3 heterocycles. The summed E-state index contributed by atoms with van der Waals surface area (Å²) in [6, 6.07) is 13.6. The number of hydrogen-bond donors (Lipinski definition) is 2. The van der Waals surface area contributed by atoms with Crippen LogP contribution in [-0.4, -0.2) is 44.8 Å². The number of benzene rings is 1. The lowest BCUT2D eigenvalue weighted by Gasteiger charge is -2.16. The van der Waals surface area contributed by atoms with E-state index in [4.69, 9.17) is 0 Å². The normalized spacial score (nSPS) is 11.3. The number of nitrogens with zero attached hydrogens (tertiary/aromatic N) is 5. The summed E-state index contributed by atoms with van der Waals surface area (Å²) in [4.78, 5) is 30.4. The average molecular weight is 440 g/mol. The predicted molar refractivity (Wildman–Crippen MR) is 128 cm³/mol. The first-order valence-corrected chi connectivity index (χ1v) is 10.5. The summed E-state index contributed by atoms with van der Waals surface area (Å²) in [6.07, 6.45) is 3.36. The highest BCUT2D eigenvalue weighted by Gasteiger charge is 2.20. The van der Waals surface area contributed by atoms with Crippen molar-refractivity contribution in [1.29, 1.82) is 5.26 Å². The first kappa shape index (κ1) is 22.0. The van der Waals surface area contributed by atoms with Gasteiger partial charge < -0.3 is 15.2 Å². The second-order valence-corrected chi connectivity index (χ2v) is 8.70. The monoisotopic (exact) mass is 439 g/mol. The average Bonchev–Trinajstić information content (AvgIpc) is 3.23. The molecule has 8 nitrogen and oxygen atoms in total. The van der Waals surface area contributed by atoms with E-state index in [1.807, 2.05) is 51.1 Å². The molecule has 4 rings (SSSR count). The van der Waals surface area contributed by atoms with Crippen molar-refractivity contribution in [1.82, 2.24) is 24.8 Å². The van der Waals surface area contributed by atoms with Gasteiger partial charge >= 0.3 is 0 Å². The van der Waals surface area contributed by atoms with Gasteiger partial charge in [0.05, 0.1) is 22.9 Å². The smallest absolute Gasteiger partial charge is 0.269 e. The Morgan fingerprint density at radius 3 is 2.58 bits per heavy atom. The number of aryl methyl sites for hydroxylation is 1. The van der Waals surface area contributed by atoms with Crippen LogP contribution in [0.25, 0.3) is 22.3 Å². The summed E-state index contributed by atoms with van der Waals surface area (Å²) < 4.78 is 0. The molecule has 1 amide bonds. The molecule has 0 radical (unpaired) electrons. The number of amides is 1. The van der Waals surface area contributed by atoms with Gasteiger partial charge in [-0.2, -0.15) is 5.26 Å². The van der Waals surface area contributed by atoms with Gasteiger partial charge in [-0.15, -0.1) is 0 Å². The van der Waals surface area contributed by atoms with E-state index in [2.05, 4.69) is 31.3 Å². The minimum Gasteiger partial charge on any atom is -0.350 e. The molecular formula is C25H25N7O. The van der Waals surface area contributed by atoms with E-state index in [1.54, 1.807) is 37.5 Å². The van der Waals surface area contributed by atoms with E-state index in [-0.39, 0.29) is 5.91 Å². The maximum Gasteiger partial charge on any atom is 0.269 e.